The van der Waals surface area contributed by atoms with Gasteiger partial charge in [-0.25, -0.2) is 8.78 Å². The molecule has 6 heteroatoms. The number of hydrogen-bond donors (Lipinski definition) is 2. The molecule has 0 aliphatic rings. The maximum atomic E-state index is 13.5. The van der Waals surface area contributed by atoms with Crippen LogP contribution in [-0.4, -0.2) is 13.0 Å². The molecule has 0 fully saturated rings. The molecule has 2 aromatic carbocycles. The SMILES string of the molecule is COc1ccc(CNC(=O)c2cccc(F)c2F)cc1N. The van der Waals surface area contributed by atoms with Crippen molar-refractivity contribution >= 4 is 11.6 Å². The highest BCUT2D eigenvalue weighted by Crippen LogP contribution is 2.21. The summed E-state index contributed by atoms with van der Waals surface area (Å²) in [5, 5.41) is 2.51. The number of benzene rings is 2. The summed E-state index contributed by atoms with van der Waals surface area (Å²) < 4.78 is 31.5. The van der Waals surface area contributed by atoms with E-state index in [4.69, 9.17) is 10.5 Å². The number of nitrogen functional groups attached to an aromatic ring is 1. The van der Waals surface area contributed by atoms with Crippen molar-refractivity contribution in [2.45, 2.75) is 6.54 Å². The van der Waals surface area contributed by atoms with Gasteiger partial charge in [0, 0.05) is 6.54 Å². The van der Waals surface area contributed by atoms with Gasteiger partial charge in [0.25, 0.3) is 5.91 Å². The van der Waals surface area contributed by atoms with E-state index in [9.17, 15) is 13.6 Å². The molecule has 0 unspecified atom stereocenters. The Morgan fingerprint density at radius 3 is 2.71 bits per heavy atom. The summed E-state index contributed by atoms with van der Waals surface area (Å²) in [6.07, 6.45) is 0. The number of anilines is 1. The van der Waals surface area contributed by atoms with Crippen LogP contribution in [0, 0.1) is 11.6 Å². The zero-order chi connectivity index (χ0) is 15.4. The molecule has 110 valence electrons. The highest BCUT2D eigenvalue weighted by molar-refractivity contribution is 5.94. The average Bonchev–Trinajstić information content (AvgIpc) is 2.47. The van der Waals surface area contributed by atoms with Gasteiger partial charge >= 0.3 is 0 Å². The first-order chi connectivity index (χ1) is 10.0. The Bertz CT molecular complexity index is 675. The number of rotatable bonds is 4. The number of methoxy groups -OCH3 is 1. The third kappa shape index (κ3) is 3.28. The van der Waals surface area contributed by atoms with Crippen molar-refractivity contribution < 1.29 is 18.3 Å². The second-order valence-electron chi connectivity index (χ2n) is 4.36. The van der Waals surface area contributed by atoms with Crippen LogP contribution in [0.15, 0.2) is 36.4 Å². The van der Waals surface area contributed by atoms with Gasteiger partial charge in [0.2, 0.25) is 0 Å². The fraction of sp³-hybridized carbons (Fsp3) is 0.133. The first-order valence-corrected chi connectivity index (χ1v) is 6.17. The molecule has 0 aliphatic carbocycles. The van der Waals surface area contributed by atoms with Crippen LogP contribution in [0.25, 0.3) is 0 Å². The number of nitrogens with one attached hydrogen (secondary N) is 1. The molecule has 2 aromatic rings. The summed E-state index contributed by atoms with van der Waals surface area (Å²) in [5.41, 5.74) is 6.56. The van der Waals surface area contributed by atoms with Gasteiger partial charge in [-0.2, -0.15) is 0 Å². The first-order valence-electron chi connectivity index (χ1n) is 6.17. The molecule has 2 rings (SSSR count). The second-order valence-corrected chi connectivity index (χ2v) is 4.36. The smallest absolute Gasteiger partial charge is 0.254 e. The maximum Gasteiger partial charge on any atom is 0.254 e. The van der Waals surface area contributed by atoms with Gasteiger partial charge in [0.15, 0.2) is 11.6 Å². The lowest BCUT2D eigenvalue weighted by Crippen LogP contribution is -2.24. The third-order valence-electron chi connectivity index (χ3n) is 2.94. The van der Waals surface area contributed by atoms with Crippen LogP contribution in [0.4, 0.5) is 14.5 Å². The van der Waals surface area contributed by atoms with Gasteiger partial charge in [0.1, 0.15) is 5.75 Å². The Hall–Kier alpha value is -2.63. The fourth-order valence-corrected chi connectivity index (χ4v) is 1.85. The van der Waals surface area contributed by atoms with E-state index >= 15 is 0 Å². The zero-order valence-corrected chi connectivity index (χ0v) is 11.3. The highest BCUT2D eigenvalue weighted by atomic mass is 19.2. The van der Waals surface area contributed by atoms with Crippen molar-refractivity contribution in [3.05, 3.63) is 59.2 Å². The van der Waals surface area contributed by atoms with Crippen LogP contribution < -0.4 is 15.8 Å². The van der Waals surface area contributed by atoms with Gasteiger partial charge in [-0.15, -0.1) is 0 Å². The van der Waals surface area contributed by atoms with Crippen LogP contribution >= 0.6 is 0 Å². The van der Waals surface area contributed by atoms with E-state index < -0.39 is 17.5 Å². The minimum absolute atomic E-state index is 0.142. The first kappa shape index (κ1) is 14.8. The Labute approximate surface area is 120 Å². The van der Waals surface area contributed by atoms with E-state index in [0.717, 1.165) is 11.6 Å². The van der Waals surface area contributed by atoms with Crippen LogP contribution in [0.1, 0.15) is 15.9 Å². The number of nitrogens with two attached hydrogens (primary N) is 1. The molecule has 0 radical (unpaired) electrons. The van der Waals surface area contributed by atoms with Crippen molar-refractivity contribution in [3.63, 3.8) is 0 Å². The van der Waals surface area contributed by atoms with Gasteiger partial charge in [-0.05, 0) is 29.8 Å². The van der Waals surface area contributed by atoms with Crippen LogP contribution in [-0.2, 0) is 6.54 Å². The zero-order valence-electron chi connectivity index (χ0n) is 11.3. The van der Waals surface area contributed by atoms with Crippen LogP contribution in [0.2, 0.25) is 0 Å². The monoisotopic (exact) mass is 292 g/mol. The fourth-order valence-electron chi connectivity index (χ4n) is 1.85. The summed E-state index contributed by atoms with van der Waals surface area (Å²) in [7, 11) is 1.50. The van der Waals surface area contributed by atoms with Gasteiger partial charge in [0.05, 0.1) is 18.4 Å². The number of amides is 1. The van der Waals surface area contributed by atoms with Gasteiger partial charge < -0.3 is 15.8 Å². The lowest BCUT2D eigenvalue weighted by molar-refractivity contribution is 0.0946. The van der Waals surface area contributed by atoms with Crippen LogP contribution in [0.3, 0.4) is 0 Å². The summed E-state index contributed by atoms with van der Waals surface area (Å²) in [6, 6.07) is 8.48. The molecule has 0 atom stereocenters. The standard InChI is InChI=1S/C15H14F2N2O2/c1-21-13-6-5-9(7-12(13)18)8-19-15(20)10-3-2-4-11(16)14(10)17/h2-7H,8,18H2,1H3,(H,19,20). The molecule has 0 aromatic heterocycles. The predicted octanol–water partition coefficient (Wildman–Crippen LogP) is 2.49. The van der Waals surface area contributed by atoms with E-state index in [2.05, 4.69) is 5.32 Å². The quantitative estimate of drug-likeness (QED) is 0.851. The minimum Gasteiger partial charge on any atom is -0.495 e. The molecular weight excluding hydrogens is 278 g/mol. The summed E-state index contributed by atoms with van der Waals surface area (Å²) in [6.45, 7) is 0.142. The lowest BCUT2D eigenvalue weighted by Gasteiger charge is -2.09. The van der Waals surface area contributed by atoms with E-state index in [1.165, 1.54) is 19.2 Å². The molecule has 0 saturated heterocycles. The Kier molecular flexibility index (Phi) is 4.37. The highest BCUT2D eigenvalue weighted by Gasteiger charge is 2.14. The molecular formula is C15H14F2N2O2. The van der Waals surface area contributed by atoms with Crippen molar-refractivity contribution in [1.29, 1.82) is 0 Å². The molecule has 0 heterocycles. The number of carbonyl (C=O) groups excluding carboxylic acids is 1. The molecule has 3 N–H and O–H groups in total. The maximum absolute atomic E-state index is 13.5. The van der Waals surface area contributed by atoms with Crippen molar-refractivity contribution in [2.75, 3.05) is 12.8 Å². The van der Waals surface area contributed by atoms with Crippen molar-refractivity contribution in [2.24, 2.45) is 0 Å². The minimum atomic E-state index is -1.16. The van der Waals surface area contributed by atoms with E-state index in [0.29, 0.717) is 11.4 Å². The molecule has 0 aliphatic heterocycles. The van der Waals surface area contributed by atoms with E-state index in [1.54, 1.807) is 18.2 Å². The average molecular weight is 292 g/mol. The number of carbonyl (C=O) groups is 1. The molecule has 21 heavy (non-hydrogen) atoms. The topological polar surface area (TPSA) is 64.3 Å². The van der Waals surface area contributed by atoms with Crippen molar-refractivity contribution in [1.82, 2.24) is 5.32 Å². The Morgan fingerprint density at radius 2 is 2.05 bits per heavy atom. The molecule has 4 nitrogen and oxygen atoms in total. The molecule has 0 bridgehead atoms. The molecule has 1 amide bonds. The number of halogens is 2. The molecule has 0 spiro atoms. The summed E-state index contributed by atoms with van der Waals surface area (Å²) in [4.78, 5) is 11.8. The molecule has 0 saturated carbocycles. The summed E-state index contributed by atoms with van der Waals surface area (Å²) >= 11 is 0. The van der Waals surface area contributed by atoms with Crippen LogP contribution in [0.5, 0.6) is 5.75 Å². The lowest BCUT2D eigenvalue weighted by atomic mass is 10.1. The number of ether oxygens (including phenoxy) is 1. The Balaban J connectivity index is 2.07. The normalized spacial score (nSPS) is 10.2. The van der Waals surface area contributed by atoms with Gasteiger partial charge in [-0.1, -0.05) is 12.1 Å². The number of hydrogen-bond acceptors (Lipinski definition) is 3. The largest absolute Gasteiger partial charge is 0.495 e. The predicted molar refractivity (Wildman–Crippen MR) is 74.9 cm³/mol. The summed E-state index contributed by atoms with van der Waals surface area (Å²) in [5.74, 6) is -2.39. The second kappa shape index (κ2) is 6.21. The Morgan fingerprint density at radius 1 is 1.29 bits per heavy atom. The third-order valence-corrected chi connectivity index (χ3v) is 2.94. The van der Waals surface area contributed by atoms with Crippen molar-refractivity contribution in [3.8, 4) is 5.75 Å². The van der Waals surface area contributed by atoms with Gasteiger partial charge in [-0.3, -0.25) is 4.79 Å². The van der Waals surface area contributed by atoms with E-state index in [1.807, 2.05) is 0 Å². The van der Waals surface area contributed by atoms with E-state index in [-0.39, 0.29) is 12.1 Å².